The largest absolute Gasteiger partial charge is 0.480 e. The summed E-state index contributed by atoms with van der Waals surface area (Å²) in [6, 6.07) is 7.45. The van der Waals surface area contributed by atoms with E-state index in [0.717, 1.165) is 36.3 Å². The molecule has 2 unspecified atom stereocenters. The van der Waals surface area contributed by atoms with E-state index in [1.54, 1.807) is 19.2 Å². The van der Waals surface area contributed by atoms with Crippen molar-refractivity contribution in [2.45, 2.75) is 6.42 Å². The third kappa shape index (κ3) is 2.63. The van der Waals surface area contributed by atoms with E-state index in [9.17, 15) is 9.90 Å². The molecule has 3 heterocycles. The number of hydrogen-bond acceptors (Lipinski definition) is 4. The smallest absolute Gasteiger partial charge is 0.337 e. The Hall–Kier alpha value is -2.73. The summed E-state index contributed by atoms with van der Waals surface area (Å²) in [6.45, 7) is 2.11. The van der Waals surface area contributed by atoms with E-state index in [1.807, 2.05) is 12.1 Å². The van der Waals surface area contributed by atoms with Crippen LogP contribution in [0.25, 0.3) is 22.0 Å². The van der Waals surface area contributed by atoms with E-state index in [-0.39, 0.29) is 5.56 Å². The van der Waals surface area contributed by atoms with Crippen molar-refractivity contribution in [2.24, 2.45) is 11.8 Å². The van der Waals surface area contributed by atoms with Crippen LogP contribution in [-0.2, 0) is 0 Å². The fraction of sp³-hybridized carbons (Fsp3) is 0.300. The number of nitrogens with zero attached hydrogens (tertiary/aromatic N) is 2. The second-order valence-corrected chi connectivity index (χ2v) is 7.68. The van der Waals surface area contributed by atoms with Gasteiger partial charge >= 0.3 is 5.97 Å². The lowest BCUT2D eigenvalue weighted by atomic mass is 10.0. The third-order valence-corrected chi connectivity index (χ3v) is 5.94. The summed E-state index contributed by atoms with van der Waals surface area (Å²) in [5.74, 6) is 2.05. The molecule has 0 radical (unpaired) electrons. The Morgan fingerprint density at radius 3 is 2.78 bits per heavy atom. The van der Waals surface area contributed by atoms with Crippen LogP contribution in [0, 0.1) is 11.8 Å². The number of carboxylic acid groups (broad SMARTS) is 1. The molecule has 27 heavy (non-hydrogen) atoms. The number of rotatable bonds is 4. The second-order valence-electron chi connectivity index (χ2n) is 7.27. The molecule has 138 valence electrons. The minimum absolute atomic E-state index is 0.211. The normalized spacial score (nSPS) is 20.7. The molecule has 6 nitrogen and oxygen atoms in total. The lowest BCUT2D eigenvalue weighted by Gasteiger charge is -2.20. The maximum Gasteiger partial charge on any atom is 0.337 e. The summed E-state index contributed by atoms with van der Waals surface area (Å²) in [5, 5.41) is 10.5. The van der Waals surface area contributed by atoms with Gasteiger partial charge in [0.05, 0.1) is 17.7 Å². The van der Waals surface area contributed by atoms with Crippen LogP contribution in [0.5, 0.6) is 5.88 Å². The number of halogens is 1. The molecule has 1 saturated heterocycles. The highest BCUT2D eigenvalue weighted by atomic mass is 35.5. The fourth-order valence-electron chi connectivity index (χ4n) is 4.08. The number of carbonyl (C=O) groups is 1. The number of anilines is 1. The summed E-state index contributed by atoms with van der Waals surface area (Å²) in [6.07, 6.45) is 2.81. The molecule has 2 aromatic heterocycles. The number of aromatic amines is 1. The first-order valence-corrected chi connectivity index (χ1v) is 9.27. The number of pyridine rings is 1. The zero-order chi connectivity index (χ0) is 18.7. The monoisotopic (exact) mass is 383 g/mol. The maximum atomic E-state index is 11.5. The zero-order valence-corrected chi connectivity index (χ0v) is 15.5. The van der Waals surface area contributed by atoms with Gasteiger partial charge in [0.2, 0.25) is 5.88 Å². The van der Waals surface area contributed by atoms with E-state index in [0.29, 0.717) is 27.4 Å². The summed E-state index contributed by atoms with van der Waals surface area (Å²) < 4.78 is 5.54. The highest BCUT2D eigenvalue weighted by Gasteiger charge is 2.45. The summed E-state index contributed by atoms with van der Waals surface area (Å²) in [5.41, 5.74) is 2.34. The SMILES string of the molecule is COc1nc(N2CC3CC3C2)ccc1-c1cc2c(C(=O)O)c[nH]c2cc1Cl. The molecule has 2 aliphatic rings. The predicted molar refractivity (Wildman–Crippen MR) is 104 cm³/mol. The molecule has 0 amide bonds. The molecular formula is C20H18ClN3O3. The molecule has 1 aliphatic carbocycles. The Labute approximate surface area is 160 Å². The lowest BCUT2D eigenvalue weighted by molar-refractivity contribution is 0.0699. The molecule has 1 aromatic carbocycles. The topological polar surface area (TPSA) is 78.4 Å². The quantitative estimate of drug-likeness (QED) is 0.710. The van der Waals surface area contributed by atoms with Crippen LogP contribution in [0.15, 0.2) is 30.5 Å². The van der Waals surface area contributed by atoms with Crippen molar-refractivity contribution in [3.8, 4) is 17.0 Å². The van der Waals surface area contributed by atoms with Gasteiger partial charge in [0, 0.05) is 41.3 Å². The van der Waals surface area contributed by atoms with Crippen molar-refractivity contribution in [1.29, 1.82) is 0 Å². The second kappa shape index (κ2) is 5.89. The van der Waals surface area contributed by atoms with E-state index in [4.69, 9.17) is 21.3 Å². The van der Waals surface area contributed by atoms with E-state index in [2.05, 4.69) is 9.88 Å². The van der Waals surface area contributed by atoms with E-state index < -0.39 is 5.97 Å². The molecule has 1 aliphatic heterocycles. The molecule has 3 aromatic rings. The van der Waals surface area contributed by atoms with Crippen LogP contribution in [0.2, 0.25) is 5.02 Å². The molecule has 0 bridgehead atoms. The van der Waals surface area contributed by atoms with Gasteiger partial charge in [-0.25, -0.2) is 4.79 Å². The van der Waals surface area contributed by atoms with Gasteiger partial charge < -0.3 is 19.7 Å². The predicted octanol–water partition coefficient (Wildman–Crippen LogP) is 4.05. The van der Waals surface area contributed by atoms with Crippen LogP contribution in [0.1, 0.15) is 16.8 Å². The third-order valence-electron chi connectivity index (χ3n) is 5.63. The number of aromatic nitrogens is 2. The average Bonchev–Trinajstić information content (AvgIpc) is 3.07. The van der Waals surface area contributed by atoms with Crippen LogP contribution in [0.4, 0.5) is 5.82 Å². The minimum atomic E-state index is -0.984. The number of ether oxygens (including phenoxy) is 1. The Morgan fingerprint density at radius 2 is 2.07 bits per heavy atom. The Morgan fingerprint density at radius 1 is 1.30 bits per heavy atom. The van der Waals surface area contributed by atoms with Crippen molar-refractivity contribution >= 4 is 34.3 Å². The van der Waals surface area contributed by atoms with Crippen LogP contribution in [-0.4, -0.2) is 41.2 Å². The van der Waals surface area contributed by atoms with Crippen molar-refractivity contribution in [3.63, 3.8) is 0 Å². The van der Waals surface area contributed by atoms with Crippen molar-refractivity contribution < 1.29 is 14.6 Å². The first kappa shape index (κ1) is 16.4. The van der Waals surface area contributed by atoms with Gasteiger partial charge in [-0.15, -0.1) is 0 Å². The number of piperidine rings is 1. The Bertz CT molecular complexity index is 1070. The van der Waals surface area contributed by atoms with Crippen molar-refractivity contribution in [2.75, 3.05) is 25.1 Å². The van der Waals surface area contributed by atoms with Crippen molar-refractivity contribution in [3.05, 3.63) is 41.0 Å². The van der Waals surface area contributed by atoms with Gasteiger partial charge in [0.25, 0.3) is 0 Å². The molecule has 7 heteroatoms. The first-order chi connectivity index (χ1) is 13.0. The first-order valence-electron chi connectivity index (χ1n) is 8.89. The number of H-pyrrole nitrogens is 1. The molecule has 2 N–H and O–H groups in total. The summed E-state index contributed by atoms with van der Waals surface area (Å²) >= 11 is 6.49. The Kier molecular flexibility index (Phi) is 3.59. The molecule has 0 spiro atoms. The van der Waals surface area contributed by atoms with Gasteiger partial charge in [-0.2, -0.15) is 4.98 Å². The molecule has 1 saturated carbocycles. The summed E-state index contributed by atoms with van der Waals surface area (Å²) in [4.78, 5) is 21.4. The molecule has 2 fully saturated rings. The minimum Gasteiger partial charge on any atom is -0.480 e. The van der Waals surface area contributed by atoms with Crippen molar-refractivity contribution in [1.82, 2.24) is 9.97 Å². The lowest BCUT2D eigenvalue weighted by Crippen LogP contribution is -2.22. The fourth-order valence-corrected chi connectivity index (χ4v) is 4.34. The average molecular weight is 384 g/mol. The zero-order valence-electron chi connectivity index (χ0n) is 14.7. The highest BCUT2D eigenvalue weighted by molar-refractivity contribution is 6.34. The van der Waals surface area contributed by atoms with Gasteiger partial charge in [0.15, 0.2) is 0 Å². The molecule has 5 rings (SSSR count). The van der Waals surface area contributed by atoms with Crippen LogP contribution < -0.4 is 9.64 Å². The van der Waals surface area contributed by atoms with Crippen LogP contribution in [0.3, 0.4) is 0 Å². The van der Waals surface area contributed by atoms with Gasteiger partial charge in [0.1, 0.15) is 5.82 Å². The number of methoxy groups -OCH3 is 1. The maximum absolute atomic E-state index is 11.5. The van der Waals surface area contributed by atoms with Gasteiger partial charge in [-0.05, 0) is 42.5 Å². The Balaban J connectivity index is 1.59. The molecular weight excluding hydrogens is 366 g/mol. The standard InChI is InChI=1S/C20H18ClN3O3/c1-27-19-12(2-3-18(23-19)24-8-10-4-11(10)9-24)13-5-14-15(20(25)26)7-22-17(14)6-16(13)21/h2-3,5-7,10-11,22H,4,8-9H2,1H3,(H,25,26). The number of hydrogen-bond donors (Lipinski definition) is 2. The number of aromatic carboxylic acids is 1. The number of fused-ring (bicyclic) bond motifs is 2. The van der Waals surface area contributed by atoms with E-state index >= 15 is 0 Å². The van der Waals surface area contributed by atoms with Crippen LogP contribution >= 0.6 is 11.6 Å². The highest BCUT2D eigenvalue weighted by Crippen LogP contribution is 2.46. The van der Waals surface area contributed by atoms with E-state index in [1.165, 1.54) is 12.6 Å². The molecule has 2 atom stereocenters. The number of benzene rings is 1. The summed E-state index contributed by atoms with van der Waals surface area (Å²) in [7, 11) is 1.59. The van der Waals surface area contributed by atoms with Gasteiger partial charge in [-0.1, -0.05) is 11.6 Å². The number of carboxylic acids is 1. The van der Waals surface area contributed by atoms with Gasteiger partial charge in [-0.3, -0.25) is 0 Å². The number of nitrogens with one attached hydrogen (secondary N) is 1.